The monoisotopic (exact) mass is 412 g/mol. The van der Waals surface area contributed by atoms with Crippen LogP contribution in [0.15, 0.2) is 41.5 Å². The Bertz CT molecular complexity index is 1080. The highest BCUT2D eigenvalue weighted by Crippen LogP contribution is 2.68. The number of carbonyl (C=O) groups is 3. The lowest BCUT2D eigenvalue weighted by molar-refractivity contribution is -0.151. The normalized spacial score (nSPS) is 38.3. The first kappa shape index (κ1) is 19.2. The minimum Gasteiger partial charge on any atom is -0.496 e. The van der Waals surface area contributed by atoms with E-state index >= 15 is 0 Å². The summed E-state index contributed by atoms with van der Waals surface area (Å²) in [6, 6.07) is 4.79. The van der Waals surface area contributed by atoms with Crippen LogP contribution in [0.1, 0.15) is 35.9 Å². The maximum Gasteiger partial charge on any atom is 0.303 e. The topological polar surface area (TPSA) is 123 Å². The molecular weight excluding hydrogens is 392 g/mol. The van der Waals surface area contributed by atoms with Crippen LogP contribution in [0.5, 0.6) is 5.75 Å². The number of ether oxygens (including phenoxy) is 3. The molecule has 1 heterocycles. The lowest BCUT2D eigenvalue weighted by Gasteiger charge is -2.40. The Morgan fingerprint density at radius 1 is 1.23 bits per heavy atom. The summed E-state index contributed by atoms with van der Waals surface area (Å²) in [7, 11) is 1.43. The Labute approximate surface area is 171 Å². The highest BCUT2D eigenvalue weighted by molar-refractivity contribution is 6.20. The lowest BCUT2D eigenvalue weighted by atomic mass is 9.62. The van der Waals surface area contributed by atoms with E-state index in [1.807, 2.05) is 0 Å². The summed E-state index contributed by atoms with van der Waals surface area (Å²) in [4.78, 5) is 38.4. The summed E-state index contributed by atoms with van der Waals surface area (Å²) in [5, 5.41) is 21.8. The third-order valence-electron chi connectivity index (χ3n) is 6.60. The average Bonchev–Trinajstić information content (AvgIpc) is 3.44. The Morgan fingerprint density at radius 3 is 2.63 bits per heavy atom. The molecule has 1 aromatic rings. The molecule has 0 amide bonds. The number of hydrogen-bond donors (Lipinski definition) is 2. The van der Waals surface area contributed by atoms with Crippen LogP contribution in [0, 0.1) is 5.92 Å². The first-order chi connectivity index (χ1) is 14.2. The third-order valence-corrected chi connectivity index (χ3v) is 6.60. The number of fused-ring (bicyclic) bond motifs is 1. The van der Waals surface area contributed by atoms with E-state index in [4.69, 9.17) is 14.2 Å². The van der Waals surface area contributed by atoms with Gasteiger partial charge < -0.3 is 24.4 Å². The summed E-state index contributed by atoms with van der Waals surface area (Å²) < 4.78 is 16.6. The van der Waals surface area contributed by atoms with Crippen LogP contribution in [0.25, 0.3) is 0 Å². The zero-order valence-electron chi connectivity index (χ0n) is 16.5. The zero-order chi connectivity index (χ0) is 21.6. The Morgan fingerprint density at radius 2 is 1.97 bits per heavy atom. The fraction of sp³-hybridized carbons (Fsp3) is 0.409. The molecule has 8 nitrogen and oxygen atoms in total. The second-order valence-corrected chi connectivity index (χ2v) is 8.09. The fourth-order valence-electron chi connectivity index (χ4n) is 5.15. The number of esters is 1. The fourth-order valence-corrected chi connectivity index (χ4v) is 5.15. The van der Waals surface area contributed by atoms with Crippen LogP contribution in [0.2, 0.25) is 0 Å². The van der Waals surface area contributed by atoms with Crippen molar-refractivity contribution in [3.8, 4) is 5.75 Å². The number of Topliss-reactive ketones (excluding diaryl/α,β-unsaturated/α-hetero) is 2. The van der Waals surface area contributed by atoms with Gasteiger partial charge in [-0.1, -0.05) is 25.1 Å². The predicted octanol–water partition coefficient (Wildman–Crippen LogP) is 0.810. The molecule has 0 spiro atoms. The van der Waals surface area contributed by atoms with Gasteiger partial charge in [0.25, 0.3) is 0 Å². The highest BCUT2D eigenvalue weighted by atomic mass is 16.6. The minimum absolute atomic E-state index is 0.0561. The van der Waals surface area contributed by atoms with Crippen LogP contribution in [-0.2, 0) is 19.1 Å². The molecule has 4 aliphatic rings. The van der Waals surface area contributed by atoms with Gasteiger partial charge in [0.1, 0.15) is 24.1 Å². The molecule has 1 aliphatic heterocycles. The number of ketones is 2. The Balaban J connectivity index is 1.75. The van der Waals surface area contributed by atoms with Gasteiger partial charge in [-0.3, -0.25) is 14.4 Å². The standard InChI is InChI=1S/C22H20O8/c1-9-16(24)17(25)15-12(18(9)29-10(2)23)7-8-21-20(27)14-11(5-4-6-13(14)28-3)19(26)22(15,21)30-21/h4-9,16,18,20,24,27H,1-3H3/t9-,16+,18-,20?,21?,22?/m1/s1. The first-order valence-corrected chi connectivity index (χ1v) is 9.64. The van der Waals surface area contributed by atoms with E-state index in [-0.39, 0.29) is 11.1 Å². The van der Waals surface area contributed by atoms with Crippen molar-refractivity contribution in [2.45, 2.75) is 43.4 Å². The Hall–Kier alpha value is -2.81. The van der Waals surface area contributed by atoms with Crippen LogP contribution in [-0.4, -0.2) is 58.3 Å². The highest BCUT2D eigenvalue weighted by Gasteiger charge is 2.83. The van der Waals surface area contributed by atoms with E-state index in [0.717, 1.165) is 0 Å². The van der Waals surface area contributed by atoms with Crippen LogP contribution < -0.4 is 4.74 Å². The van der Waals surface area contributed by atoms with Gasteiger partial charge in [0.2, 0.25) is 5.78 Å². The summed E-state index contributed by atoms with van der Waals surface area (Å²) in [5.74, 6) is -2.12. The van der Waals surface area contributed by atoms with Crippen molar-refractivity contribution in [1.82, 2.24) is 0 Å². The van der Waals surface area contributed by atoms with Gasteiger partial charge in [0, 0.05) is 35.1 Å². The minimum atomic E-state index is -1.77. The van der Waals surface area contributed by atoms with E-state index in [9.17, 15) is 24.6 Å². The maximum atomic E-state index is 13.6. The van der Waals surface area contributed by atoms with Gasteiger partial charge in [-0.25, -0.2) is 0 Å². The van der Waals surface area contributed by atoms with E-state index in [1.165, 1.54) is 26.2 Å². The molecule has 30 heavy (non-hydrogen) atoms. The number of aliphatic hydroxyl groups is 2. The second-order valence-electron chi connectivity index (χ2n) is 8.09. The first-order valence-electron chi connectivity index (χ1n) is 9.64. The zero-order valence-corrected chi connectivity index (χ0v) is 16.5. The summed E-state index contributed by atoms with van der Waals surface area (Å²) in [6.07, 6.45) is -0.589. The molecule has 8 heteroatoms. The van der Waals surface area contributed by atoms with Gasteiger partial charge in [-0.2, -0.15) is 0 Å². The molecule has 0 saturated carbocycles. The number of rotatable bonds is 2. The van der Waals surface area contributed by atoms with E-state index in [0.29, 0.717) is 16.9 Å². The van der Waals surface area contributed by atoms with Crippen LogP contribution >= 0.6 is 0 Å². The van der Waals surface area contributed by atoms with E-state index in [2.05, 4.69) is 0 Å². The van der Waals surface area contributed by atoms with E-state index < -0.39 is 53.0 Å². The summed E-state index contributed by atoms with van der Waals surface area (Å²) >= 11 is 0. The molecule has 1 fully saturated rings. The van der Waals surface area contributed by atoms with Gasteiger partial charge >= 0.3 is 5.97 Å². The molecule has 156 valence electrons. The number of carbonyl (C=O) groups excluding carboxylic acids is 3. The van der Waals surface area contributed by atoms with Crippen molar-refractivity contribution >= 4 is 17.5 Å². The largest absolute Gasteiger partial charge is 0.496 e. The van der Waals surface area contributed by atoms with Crippen molar-refractivity contribution in [3.63, 3.8) is 0 Å². The van der Waals surface area contributed by atoms with Crippen molar-refractivity contribution in [2.24, 2.45) is 5.92 Å². The van der Waals surface area contributed by atoms with Gasteiger partial charge in [-0.15, -0.1) is 0 Å². The predicted molar refractivity (Wildman–Crippen MR) is 101 cm³/mol. The molecule has 1 saturated heterocycles. The molecule has 0 bridgehead atoms. The number of methoxy groups -OCH3 is 1. The quantitative estimate of drug-likeness (QED) is 0.541. The molecule has 3 unspecified atom stereocenters. The molecule has 6 atom stereocenters. The average molecular weight is 412 g/mol. The summed E-state index contributed by atoms with van der Waals surface area (Å²) in [5.41, 5.74) is -2.52. The number of aliphatic hydroxyl groups excluding tert-OH is 2. The Kier molecular flexibility index (Phi) is 3.75. The maximum absolute atomic E-state index is 13.6. The van der Waals surface area contributed by atoms with Crippen molar-refractivity contribution in [1.29, 1.82) is 0 Å². The van der Waals surface area contributed by atoms with Crippen LogP contribution in [0.3, 0.4) is 0 Å². The van der Waals surface area contributed by atoms with Gasteiger partial charge in [0.15, 0.2) is 17.0 Å². The van der Waals surface area contributed by atoms with Crippen molar-refractivity contribution in [2.75, 3.05) is 7.11 Å². The number of benzene rings is 1. The SMILES string of the molecule is COc1cccc2c1C(O)C13C=CC4=C(C(=O)[C@@H](O)[C@@H](C)[C@H]4OC(C)=O)C1(O3)C2=O. The molecule has 1 aromatic carbocycles. The molecule has 5 rings (SSSR count). The second kappa shape index (κ2) is 5.87. The number of hydrogen-bond acceptors (Lipinski definition) is 8. The molecule has 2 N–H and O–H groups in total. The van der Waals surface area contributed by atoms with Crippen molar-refractivity contribution in [3.05, 3.63) is 52.6 Å². The molecular formula is C22H20O8. The molecule has 0 aromatic heterocycles. The summed E-state index contributed by atoms with van der Waals surface area (Å²) in [6.45, 7) is 2.83. The van der Waals surface area contributed by atoms with Crippen LogP contribution in [0.4, 0.5) is 0 Å². The van der Waals surface area contributed by atoms with E-state index in [1.54, 1.807) is 25.1 Å². The van der Waals surface area contributed by atoms with Crippen molar-refractivity contribution < 1.29 is 38.8 Å². The number of epoxide rings is 1. The lowest BCUT2D eigenvalue weighted by Crippen LogP contribution is -2.54. The van der Waals surface area contributed by atoms with Gasteiger partial charge in [0.05, 0.1) is 7.11 Å². The third kappa shape index (κ3) is 1.98. The molecule has 3 aliphatic carbocycles. The smallest absolute Gasteiger partial charge is 0.303 e. The van der Waals surface area contributed by atoms with Gasteiger partial charge in [-0.05, 0) is 12.1 Å². The molecule has 0 radical (unpaired) electrons.